The average Bonchev–Trinajstić information content (AvgIpc) is 2.75. The highest BCUT2D eigenvalue weighted by Crippen LogP contribution is 2.40. The smallest absolute Gasteiger partial charge is 0.375 e. The van der Waals surface area contributed by atoms with Crippen LogP contribution in [0.5, 0.6) is 0 Å². The van der Waals surface area contributed by atoms with Crippen molar-refractivity contribution in [2.45, 2.75) is 51.5 Å². The molecule has 2 aliphatic heterocycles. The fourth-order valence-corrected chi connectivity index (χ4v) is 2.10. The summed E-state index contributed by atoms with van der Waals surface area (Å²) in [6, 6.07) is 0. The number of aliphatic carboxylic acids is 2. The first-order chi connectivity index (χ1) is 9.02. The molecule has 20 heavy (non-hydrogen) atoms. The van der Waals surface area contributed by atoms with Crippen molar-refractivity contribution in [1.29, 1.82) is 0 Å². The van der Waals surface area contributed by atoms with Crippen molar-refractivity contribution in [1.82, 2.24) is 0 Å². The summed E-state index contributed by atoms with van der Waals surface area (Å²) in [5.41, 5.74) is 0. The maximum Gasteiger partial charge on any atom is 0.375 e. The van der Waals surface area contributed by atoms with Gasteiger partial charge in [-0.25, -0.2) is 9.59 Å². The summed E-state index contributed by atoms with van der Waals surface area (Å²) < 4.78 is 21.2. The van der Waals surface area contributed by atoms with Gasteiger partial charge in [0.2, 0.25) is 11.5 Å². The quantitative estimate of drug-likeness (QED) is 0.779. The molecule has 2 N–H and O–H groups in total. The molecule has 0 saturated carbocycles. The van der Waals surface area contributed by atoms with Gasteiger partial charge >= 0.3 is 11.9 Å². The molecule has 0 amide bonds. The second-order valence-electron chi connectivity index (χ2n) is 5.42. The van der Waals surface area contributed by atoms with Gasteiger partial charge in [0.15, 0.2) is 23.8 Å². The number of hydrogen-bond donors (Lipinski definition) is 2. The van der Waals surface area contributed by atoms with Crippen LogP contribution in [-0.4, -0.2) is 45.9 Å². The Balaban J connectivity index is 2.39. The Bertz CT molecular complexity index is 490. The second kappa shape index (κ2) is 4.35. The van der Waals surface area contributed by atoms with Gasteiger partial charge in [0.25, 0.3) is 0 Å². The molecule has 1 saturated heterocycles. The first-order valence-electron chi connectivity index (χ1n) is 5.96. The highest BCUT2D eigenvalue weighted by molar-refractivity contribution is 5.86. The molecule has 0 bridgehead atoms. The Morgan fingerprint density at radius 1 is 1.00 bits per heavy atom. The minimum atomic E-state index is -1.37. The Morgan fingerprint density at radius 2 is 1.60 bits per heavy atom. The summed E-state index contributed by atoms with van der Waals surface area (Å²) in [5, 5.41) is 18.3. The number of hydrogen-bond acceptors (Lipinski definition) is 6. The molecule has 0 aromatic rings. The van der Waals surface area contributed by atoms with Crippen LogP contribution in [0.15, 0.2) is 11.5 Å². The van der Waals surface area contributed by atoms with Crippen LogP contribution in [0, 0.1) is 0 Å². The molecule has 0 radical (unpaired) electrons. The van der Waals surface area contributed by atoms with Gasteiger partial charge in [-0.15, -0.1) is 0 Å². The van der Waals surface area contributed by atoms with Gasteiger partial charge in [0, 0.05) is 13.8 Å². The minimum absolute atomic E-state index is 0.180. The molecule has 0 unspecified atom stereocenters. The van der Waals surface area contributed by atoms with Crippen LogP contribution >= 0.6 is 0 Å². The summed E-state index contributed by atoms with van der Waals surface area (Å²) in [4.78, 5) is 22.4. The number of carbonyl (C=O) groups is 2. The molecule has 112 valence electrons. The molecule has 8 nitrogen and oxygen atoms in total. The monoisotopic (exact) mass is 288 g/mol. The highest BCUT2D eigenvalue weighted by atomic mass is 16.8. The zero-order chi connectivity index (χ0) is 15.3. The average molecular weight is 288 g/mol. The van der Waals surface area contributed by atoms with Crippen molar-refractivity contribution in [2.24, 2.45) is 0 Å². The lowest BCUT2D eigenvalue weighted by atomic mass is 10.1. The largest absolute Gasteiger partial charge is 0.479 e. The van der Waals surface area contributed by atoms with E-state index in [0.717, 1.165) is 0 Å². The summed E-state index contributed by atoms with van der Waals surface area (Å²) in [5.74, 6) is -5.65. The van der Waals surface area contributed by atoms with E-state index in [0.29, 0.717) is 0 Å². The lowest BCUT2D eigenvalue weighted by Gasteiger charge is -2.21. The van der Waals surface area contributed by atoms with Crippen molar-refractivity contribution in [3.63, 3.8) is 0 Å². The molecular weight excluding hydrogens is 272 g/mol. The molecule has 2 atom stereocenters. The molecule has 2 rings (SSSR count). The summed E-state index contributed by atoms with van der Waals surface area (Å²) >= 11 is 0. The number of carboxylic acids is 2. The van der Waals surface area contributed by atoms with Gasteiger partial charge < -0.3 is 29.2 Å². The fraction of sp³-hybridized carbons (Fsp3) is 0.667. The van der Waals surface area contributed by atoms with Crippen LogP contribution in [-0.2, 0) is 28.5 Å². The van der Waals surface area contributed by atoms with Crippen molar-refractivity contribution < 1.29 is 38.7 Å². The third-order valence-electron chi connectivity index (χ3n) is 2.72. The molecule has 8 heteroatoms. The fourth-order valence-electron chi connectivity index (χ4n) is 2.10. The maximum atomic E-state index is 11.2. The topological polar surface area (TPSA) is 112 Å². The molecule has 0 spiro atoms. The van der Waals surface area contributed by atoms with E-state index in [4.69, 9.17) is 29.2 Å². The normalized spacial score (nSPS) is 30.8. The minimum Gasteiger partial charge on any atom is -0.479 e. The Labute approximate surface area is 114 Å². The Kier molecular flexibility index (Phi) is 3.18. The van der Waals surface area contributed by atoms with Crippen LogP contribution in [0.4, 0.5) is 0 Å². The highest BCUT2D eigenvalue weighted by Gasteiger charge is 2.53. The number of carboxylic acid groups (broad SMARTS) is 2. The molecule has 1 fully saturated rings. The van der Waals surface area contributed by atoms with Gasteiger partial charge in [-0.1, -0.05) is 0 Å². The molecule has 2 heterocycles. The van der Waals surface area contributed by atoms with Gasteiger partial charge in [-0.2, -0.15) is 0 Å². The second-order valence-corrected chi connectivity index (χ2v) is 5.42. The molecule has 2 aliphatic rings. The van der Waals surface area contributed by atoms with E-state index in [1.165, 1.54) is 27.7 Å². The first-order valence-corrected chi connectivity index (χ1v) is 5.96. The lowest BCUT2D eigenvalue weighted by molar-refractivity contribution is -0.167. The van der Waals surface area contributed by atoms with E-state index in [1.54, 1.807) is 0 Å². The van der Waals surface area contributed by atoms with E-state index < -0.39 is 41.5 Å². The Hall–Kier alpha value is -1.80. The van der Waals surface area contributed by atoms with E-state index in [-0.39, 0.29) is 5.76 Å². The van der Waals surface area contributed by atoms with E-state index in [2.05, 4.69) is 0 Å². The zero-order valence-corrected chi connectivity index (χ0v) is 11.5. The molecular formula is C12H16O8. The number of rotatable bonds is 3. The summed E-state index contributed by atoms with van der Waals surface area (Å²) in [6.45, 7) is 6.09. The van der Waals surface area contributed by atoms with Gasteiger partial charge in [-0.3, -0.25) is 0 Å². The molecule has 0 aromatic heterocycles. The lowest BCUT2D eigenvalue weighted by Crippen LogP contribution is -2.34. The maximum absolute atomic E-state index is 11.2. The number of ether oxygens (including phenoxy) is 4. The van der Waals surface area contributed by atoms with Gasteiger partial charge in [0.05, 0.1) is 0 Å². The molecule has 0 aliphatic carbocycles. The summed E-state index contributed by atoms with van der Waals surface area (Å²) in [6.07, 6.45) is -2.55. The van der Waals surface area contributed by atoms with E-state index in [9.17, 15) is 9.59 Å². The zero-order valence-electron chi connectivity index (χ0n) is 11.5. The summed E-state index contributed by atoms with van der Waals surface area (Å²) in [7, 11) is 0. The van der Waals surface area contributed by atoms with Crippen molar-refractivity contribution in [3.8, 4) is 0 Å². The van der Waals surface area contributed by atoms with Crippen molar-refractivity contribution >= 4 is 11.9 Å². The van der Waals surface area contributed by atoms with Crippen LogP contribution in [0.25, 0.3) is 0 Å². The van der Waals surface area contributed by atoms with Gasteiger partial charge in [0.1, 0.15) is 0 Å². The predicted molar refractivity (Wildman–Crippen MR) is 62.4 cm³/mol. The van der Waals surface area contributed by atoms with Crippen molar-refractivity contribution in [3.05, 3.63) is 11.5 Å². The standard InChI is InChI=1S/C12H16O8/c1-11(2)17-5(7(19-11)9(13)14)6-8(10(15)16)20-12(3,4)18-6/h5,7H,1-4H3,(H,13,14)(H,15,16)/t5-,7-/m0/s1. The molecule has 0 aromatic carbocycles. The van der Waals surface area contributed by atoms with Gasteiger partial charge in [-0.05, 0) is 13.8 Å². The van der Waals surface area contributed by atoms with Crippen LogP contribution in [0.2, 0.25) is 0 Å². The van der Waals surface area contributed by atoms with Crippen LogP contribution in [0.1, 0.15) is 27.7 Å². The third-order valence-corrected chi connectivity index (χ3v) is 2.72. The van der Waals surface area contributed by atoms with E-state index in [1.807, 2.05) is 0 Å². The Morgan fingerprint density at radius 3 is 2.10 bits per heavy atom. The van der Waals surface area contributed by atoms with Crippen LogP contribution in [0.3, 0.4) is 0 Å². The van der Waals surface area contributed by atoms with Crippen LogP contribution < -0.4 is 0 Å². The van der Waals surface area contributed by atoms with Crippen molar-refractivity contribution in [2.75, 3.05) is 0 Å². The predicted octanol–water partition coefficient (Wildman–Crippen LogP) is 0.670. The first kappa shape index (κ1) is 14.6. The SMILES string of the molecule is CC1(C)OC(C(=O)O)=C([C@@H]2OC(C)(C)O[C@@H]2C(=O)O)O1. The third kappa shape index (κ3) is 2.56. The van der Waals surface area contributed by atoms with E-state index >= 15 is 0 Å².